The molecule has 0 amide bonds. The molecular weight excluding hydrogens is 160 g/mol. The van der Waals surface area contributed by atoms with Crippen molar-refractivity contribution in [2.75, 3.05) is 11.9 Å². The van der Waals surface area contributed by atoms with Gasteiger partial charge in [-0.25, -0.2) is 0 Å². The minimum atomic E-state index is 0.133. The summed E-state index contributed by atoms with van der Waals surface area (Å²) in [4.78, 5) is 0. The number of fused-ring (bicyclic) bond motifs is 1. The number of anilines is 1. The van der Waals surface area contributed by atoms with Crippen LogP contribution < -0.4 is 5.32 Å². The second-order valence-corrected chi connectivity index (χ2v) is 3.51. The van der Waals surface area contributed by atoms with Crippen LogP contribution in [-0.2, 0) is 6.42 Å². The van der Waals surface area contributed by atoms with Crippen molar-refractivity contribution in [3.05, 3.63) is 29.3 Å². The van der Waals surface area contributed by atoms with Crippen LogP contribution in [0.3, 0.4) is 0 Å². The molecule has 0 radical (unpaired) electrons. The zero-order chi connectivity index (χ0) is 9.26. The van der Waals surface area contributed by atoms with Gasteiger partial charge in [0.05, 0.1) is 12.0 Å². The Hall–Kier alpha value is -1.49. The Bertz CT molecular complexity index is 363. The van der Waals surface area contributed by atoms with Gasteiger partial charge in [0.15, 0.2) is 0 Å². The Balaban J connectivity index is 2.39. The Morgan fingerprint density at radius 3 is 3.15 bits per heavy atom. The zero-order valence-corrected chi connectivity index (χ0v) is 7.67. The summed E-state index contributed by atoms with van der Waals surface area (Å²) in [6.07, 6.45) is 0.894. The van der Waals surface area contributed by atoms with Gasteiger partial charge in [0.1, 0.15) is 0 Å². The molecule has 0 aliphatic carbocycles. The summed E-state index contributed by atoms with van der Waals surface area (Å²) in [5.41, 5.74) is 3.79. The Morgan fingerprint density at radius 1 is 1.54 bits per heavy atom. The molecule has 1 aliphatic heterocycles. The predicted octanol–water partition coefficient (Wildman–Crippen LogP) is 2.10. The number of hydrogen-bond donors (Lipinski definition) is 1. The van der Waals surface area contributed by atoms with Gasteiger partial charge in [-0.3, -0.25) is 0 Å². The van der Waals surface area contributed by atoms with Gasteiger partial charge < -0.3 is 5.32 Å². The molecule has 2 heteroatoms. The monoisotopic (exact) mass is 172 g/mol. The standard InChI is InChI=1S/C11H12N2/c1-8-3-2-4-11-10(8)5-9(6-12)7-13-11/h2-4,9,13H,5,7H2,1H3. The number of nitrogens with zero attached hydrogens (tertiary/aromatic N) is 1. The fourth-order valence-electron chi connectivity index (χ4n) is 1.78. The van der Waals surface area contributed by atoms with E-state index in [0.29, 0.717) is 0 Å². The molecule has 1 atom stereocenters. The number of aryl methyl sites for hydroxylation is 1. The molecule has 1 aromatic carbocycles. The van der Waals surface area contributed by atoms with Crippen LogP contribution in [-0.4, -0.2) is 6.54 Å². The largest absolute Gasteiger partial charge is 0.383 e. The van der Waals surface area contributed by atoms with E-state index in [-0.39, 0.29) is 5.92 Å². The number of hydrogen-bond acceptors (Lipinski definition) is 2. The van der Waals surface area contributed by atoms with E-state index >= 15 is 0 Å². The van der Waals surface area contributed by atoms with E-state index in [0.717, 1.165) is 13.0 Å². The van der Waals surface area contributed by atoms with Gasteiger partial charge in [0.2, 0.25) is 0 Å². The maximum Gasteiger partial charge on any atom is 0.0677 e. The first-order valence-corrected chi connectivity index (χ1v) is 4.53. The van der Waals surface area contributed by atoms with Gasteiger partial charge in [-0.05, 0) is 30.5 Å². The summed E-state index contributed by atoms with van der Waals surface area (Å²) in [5, 5.41) is 12.1. The second-order valence-electron chi connectivity index (χ2n) is 3.51. The van der Waals surface area contributed by atoms with Gasteiger partial charge in [0.25, 0.3) is 0 Å². The van der Waals surface area contributed by atoms with Crippen LogP contribution in [0.5, 0.6) is 0 Å². The predicted molar refractivity (Wildman–Crippen MR) is 52.5 cm³/mol. The average Bonchev–Trinajstić information content (AvgIpc) is 2.18. The van der Waals surface area contributed by atoms with Crippen LogP contribution in [0.25, 0.3) is 0 Å². The molecule has 1 N–H and O–H groups in total. The molecule has 0 aromatic heterocycles. The summed E-state index contributed by atoms with van der Waals surface area (Å²) < 4.78 is 0. The summed E-state index contributed by atoms with van der Waals surface area (Å²) >= 11 is 0. The van der Waals surface area contributed by atoms with Crippen molar-refractivity contribution in [3.8, 4) is 6.07 Å². The number of nitrogens with one attached hydrogen (secondary N) is 1. The van der Waals surface area contributed by atoms with E-state index in [1.165, 1.54) is 16.8 Å². The molecule has 2 rings (SSSR count). The topological polar surface area (TPSA) is 35.8 Å². The third kappa shape index (κ3) is 1.38. The molecular formula is C11H12N2. The summed E-state index contributed by atoms with van der Waals surface area (Å²) in [5.74, 6) is 0.133. The quantitative estimate of drug-likeness (QED) is 0.650. The van der Waals surface area contributed by atoms with Crippen molar-refractivity contribution in [2.45, 2.75) is 13.3 Å². The Morgan fingerprint density at radius 2 is 2.38 bits per heavy atom. The summed E-state index contributed by atoms with van der Waals surface area (Å²) in [7, 11) is 0. The van der Waals surface area contributed by atoms with Gasteiger partial charge >= 0.3 is 0 Å². The first kappa shape index (κ1) is 8.12. The van der Waals surface area contributed by atoms with E-state index < -0.39 is 0 Å². The van der Waals surface area contributed by atoms with Crippen molar-refractivity contribution in [1.82, 2.24) is 0 Å². The Labute approximate surface area is 78.2 Å². The fraction of sp³-hybridized carbons (Fsp3) is 0.364. The summed E-state index contributed by atoms with van der Waals surface area (Å²) in [6, 6.07) is 8.54. The minimum Gasteiger partial charge on any atom is -0.383 e. The molecule has 0 saturated carbocycles. The van der Waals surface area contributed by atoms with E-state index in [4.69, 9.17) is 5.26 Å². The molecule has 1 aromatic rings. The highest BCUT2D eigenvalue weighted by atomic mass is 14.9. The van der Waals surface area contributed by atoms with Gasteiger partial charge in [-0.1, -0.05) is 12.1 Å². The molecule has 0 fully saturated rings. The fourth-order valence-corrected chi connectivity index (χ4v) is 1.78. The molecule has 1 heterocycles. The maximum atomic E-state index is 8.82. The molecule has 66 valence electrons. The SMILES string of the molecule is Cc1cccc2c1CC(C#N)CN2. The number of benzene rings is 1. The lowest BCUT2D eigenvalue weighted by Crippen LogP contribution is -2.22. The smallest absolute Gasteiger partial charge is 0.0677 e. The van der Waals surface area contributed by atoms with Crippen LogP contribution >= 0.6 is 0 Å². The molecule has 0 spiro atoms. The van der Waals surface area contributed by atoms with Gasteiger partial charge in [-0.2, -0.15) is 5.26 Å². The zero-order valence-electron chi connectivity index (χ0n) is 7.67. The van der Waals surface area contributed by atoms with Crippen LogP contribution in [0.4, 0.5) is 5.69 Å². The van der Waals surface area contributed by atoms with E-state index in [2.05, 4.69) is 30.4 Å². The highest BCUT2D eigenvalue weighted by Crippen LogP contribution is 2.26. The molecule has 0 saturated heterocycles. The first-order valence-electron chi connectivity index (χ1n) is 4.53. The van der Waals surface area contributed by atoms with Crippen LogP contribution in [0, 0.1) is 24.2 Å². The normalized spacial score (nSPS) is 19.8. The highest BCUT2D eigenvalue weighted by molar-refractivity contribution is 5.56. The van der Waals surface area contributed by atoms with Crippen LogP contribution in [0.15, 0.2) is 18.2 Å². The Kier molecular flexibility index (Phi) is 1.94. The van der Waals surface area contributed by atoms with E-state index in [1.54, 1.807) is 0 Å². The lowest BCUT2D eigenvalue weighted by Gasteiger charge is -2.23. The number of nitriles is 1. The van der Waals surface area contributed by atoms with Crippen molar-refractivity contribution in [3.63, 3.8) is 0 Å². The minimum absolute atomic E-state index is 0.133. The molecule has 2 nitrogen and oxygen atoms in total. The van der Waals surface area contributed by atoms with Crippen molar-refractivity contribution >= 4 is 5.69 Å². The number of rotatable bonds is 0. The molecule has 13 heavy (non-hydrogen) atoms. The van der Waals surface area contributed by atoms with Gasteiger partial charge in [0, 0.05) is 12.2 Å². The van der Waals surface area contributed by atoms with Crippen molar-refractivity contribution in [2.24, 2.45) is 5.92 Å². The lowest BCUT2D eigenvalue weighted by atomic mass is 9.92. The third-order valence-electron chi connectivity index (χ3n) is 2.58. The second kappa shape index (κ2) is 3.10. The van der Waals surface area contributed by atoms with Crippen LogP contribution in [0.1, 0.15) is 11.1 Å². The van der Waals surface area contributed by atoms with Gasteiger partial charge in [-0.15, -0.1) is 0 Å². The van der Waals surface area contributed by atoms with E-state index in [9.17, 15) is 0 Å². The maximum absolute atomic E-state index is 8.82. The molecule has 0 bridgehead atoms. The highest BCUT2D eigenvalue weighted by Gasteiger charge is 2.18. The summed E-state index contributed by atoms with van der Waals surface area (Å²) in [6.45, 7) is 2.88. The first-order chi connectivity index (χ1) is 6.31. The van der Waals surface area contributed by atoms with Crippen LogP contribution in [0.2, 0.25) is 0 Å². The molecule has 1 aliphatic rings. The molecule has 1 unspecified atom stereocenters. The van der Waals surface area contributed by atoms with E-state index in [1.807, 2.05) is 6.07 Å². The average molecular weight is 172 g/mol. The van der Waals surface area contributed by atoms with Crippen molar-refractivity contribution in [1.29, 1.82) is 5.26 Å². The third-order valence-corrected chi connectivity index (χ3v) is 2.58. The lowest BCUT2D eigenvalue weighted by molar-refractivity contribution is 0.671. The van der Waals surface area contributed by atoms with Crippen molar-refractivity contribution < 1.29 is 0 Å².